The molecule has 4 saturated carbocycles. The summed E-state index contributed by atoms with van der Waals surface area (Å²) in [5.74, 6) is -6.89. The Morgan fingerprint density at radius 2 is 0.978 bits per heavy atom. The number of aldehydes is 1. The van der Waals surface area contributed by atoms with Crippen molar-refractivity contribution >= 4 is 30.2 Å². The predicted molar refractivity (Wildman–Crippen MR) is 444 cm³/mol. The molecule has 8 saturated heterocycles. The van der Waals surface area contributed by atoms with Crippen LogP contribution in [0.1, 0.15) is 166 Å². The average Bonchev–Trinajstić information content (AvgIpc) is 0.667. The van der Waals surface area contributed by atoms with E-state index < -0.39 is 366 Å². The van der Waals surface area contributed by atoms with E-state index in [2.05, 4.69) is 19.9 Å². The summed E-state index contributed by atoms with van der Waals surface area (Å²) >= 11 is 0. The quantitative estimate of drug-likeness (QED) is 0.0101. The lowest BCUT2D eigenvalue weighted by atomic mass is 9.33. The Hall–Kier alpha value is -4.19. The van der Waals surface area contributed by atoms with Crippen molar-refractivity contribution in [2.45, 2.75) is 424 Å². The predicted octanol–water partition coefficient (Wildman–Crippen LogP) is -6.71. The van der Waals surface area contributed by atoms with Gasteiger partial charge in [0, 0.05) is 6.42 Å². The Balaban J connectivity index is 0.803. The number of allylic oxidation sites excluding steroid dienone is 2. The molecule has 46 nitrogen and oxygen atoms in total. The van der Waals surface area contributed by atoms with Gasteiger partial charge in [-0.25, -0.2) is 4.79 Å². The van der Waals surface area contributed by atoms with Crippen molar-refractivity contribution in [2.75, 3.05) is 33.0 Å². The molecular weight excluding hydrogens is 1800 g/mol. The average molecular weight is 1950 g/mol. The summed E-state index contributed by atoms with van der Waals surface area (Å²) in [6.45, 7) is 16.0. The molecule has 0 radical (unpaired) electrons. The van der Waals surface area contributed by atoms with E-state index in [0.717, 1.165) is 11.9 Å². The number of carboxylic acids is 1. The van der Waals surface area contributed by atoms with Crippen LogP contribution in [0, 0.1) is 56.2 Å². The van der Waals surface area contributed by atoms with Crippen LogP contribution in [-0.4, -0.2) is 439 Å². The second kappa shape index (κ2) is 43.0. The molecule has 23 N–H and O–H groups in total. The van der Waals surface area contributed by atoms with Gasteiger partial charge in [0.05, 0.1) is 87.9 Å². The highest BCUT2D eigenvalue weighted by atomic mass is 16.8. The SMILES string of the molecule is CC[C@H](O)CC(=O)O[C@@H](C[C@H](O)CC(=O)OC1C(C)OC(OC(=O)[C@]23CCC(C)(C)CC2C2=CCC4[C@@]5(C)CC[C@H](OC6OC(C(=O)O)C(O)C(OC7OCC(O)C(O)C7O)C6OC6OC(CO)C(O)C(O)C6O)[C@@](C)(C=O)C5CC[C@@]4(C)[C@]2(C)C[C@H]3O)C(OC2OC(C)C(OC3OCC(O)C(OC4OCC(O)C(O)C4O)C3O)C(OC3OC(CO)C(O)C(O)C3O)C2O)C1O)[C@@H](C)CC. The smallest absolute Gasteiger partial charge is 0.335 e. The number of aliphatic hydroxyl groups is 22. The third-order valence-electron chi connectivity index (χ3n) is 32.2. The summed E-state index contributed by atoms with van der Waals surface area (Å²) in [6, 6.07) is 0. The normalized spacial score (nSPS) is 49.8. The molecule has 0 aromatic heterocycles. The lowest BCUT2D eigenvalue weighted by Gasteiger charge is -2.71. The fraction of sp³-hybridized carbons (Fsp3) is 0.921. The van der Waals surface area contributed by atoms with Crippen LogP contribution >= 0.6 is 0 Å². The van der Waals surface area contributed by atoms with E-state index in [-0.39, 0.29) is 63.2 Å². The lowest BCUT2D eigenvalue weighted by molar-refractivity contribution is -0.397. The zero-order valence-electron chi connectivity index (χ0n) is 77.3. The van der Waals surface area contributed by atoms with Crippen LogP contribution in [0.5, 0.6) is 0 Å². The second-order valence-corrected chi connectivity index (χ2v) is 41.2. The minimum atomic E-state index is -2.35. The molecule has 0 aromatic carbocycles. The largest absolute Gasteiger partial charge is 0.479 e. The van der Waals surface area contributed by atoms with Crippen LogP contribution in [0.4, 0.5) is 0 Å². The molecule has 774 valence electrons. The maximum atomic E-state index is 16.5. The number of hydrogen-bond acceptors (Lipinski definition) is 45. The van der Waals surface area contributed by atoms with Gasteiger partial charge in [0.15, 0.2) is 62.3 Å². The first-order chi connectivity index (χ1) is 63.4. The molecule has 0 spiro atoms. The van der Waals surface area contributed by atoms with E-state index >= 15 is 4.79 Å². The Kier molecular flexibility index (Phi) is 34.4. The molecule has 0 amide bonds. The number of aliphatic carboxylic acids is 1. The molecule has 46 heteroatoms. The van der Waals surface area contributed by atoms with E-state index in [9.17, 15) is 137 Å². The molecule has 8 aliphatic heterocycles. The second-order valence-electron chi connectivity index (χ2n) is 41.2. The molecule has 135 heavy (non-hydrogen) atoms. The van der Waals surface area contributed by atoms with Crippen molar-refractivity contribution < 1.29 is 227 Å². The zero-order chi connectivity index (χ0) is 99.0. The highest BCUT2D eigenvalue weighted by Crippen LogP contribution is 2.76. The molecule has 13 rings (SSSR count). The van der Waals surface area contributed by atoms with Crippen molar-refractivity contribution in [3.8, 4) is 0 Å². The van der Waals surface area contributed by atoms with E-state index in [1.807, 2.05) is 27.7 Å². The topological polar surface area (TPSA) is 717 Å². The van der Waals surface area contributed by atoms with Gasteiger partial charge in [-0.15, -0.1) is 0 Å². The number of carbonyl (C=O) groups excluding carboxylic acids is 4. The van der Waals surface area contributed by atoms with E-state index in [1.165, 1.54) is 13.8 Å². The maximum Gasteiger partial charge on any atom is 0.335 e. The molecule has 40 unspecified atom stereocenters. The van der Waals surface area contributed by atoms with Crippen molar-refractivity contribution in [1.29, 1.82) is 0 Å². The summed E-state index contributed by atoms with van der Waals surface area (Å²) in [4.78, 5) is 71.5. The van der Waals surface area contributed by atoms with Crippen LogP contribution in [-0.2, 0) is 109 Å². The standard InChI is InChI=1S/C89H142O46/c1-12-33(3)43(123-50(99)23-36(93)13-2)22-37(94)24-51(100)127-66-34(4)122-81(72(62(66)111)133-80-65(114)70(131-78-60(109)56(105)54(103)44(27-90)124-78)67(35(5)121-80)128-77-64(113)68(42(97)31-120-77)129-75-58(107)52(101)40(95)29-118-75)135-83(117)89-21-20-84(6,7)25-39(89)38-14-15-47-85(8)18-17-49(86(9,32-92)46(85)16-19-87(47,10)88(38,11)26-48(89)98)126-82-73(134-79-61(110)57(106)55(104)45(28-91)125-79)69(63(112)71(132-82)74(115)116)130-76-59(108)53(102)41(96)30-119-76/h14,32-37,39-49,52-73,75-82,90-91,93-98,101-114H,12-13,15-31H2,1-11H3,(H,115,116)/t33-,34?,35?,36-,37-,39?,40?,41?,42?,43-,44?,45?,46?,47?,48+,49-,52?,53?,54?,55?,56?,57?,58?,59?,60?,61?,62?,63?,64?,65?,66?,67?,68?,69?,70?,71?,72?,73?,75?,76?,77?,78?,79?,80?,81?,82?,85-,86-,87+,88+,89+/m0/s1. The first-order valence-corrected chi connectivity index (χ1v) is 47.0. The van der Waals surface area contributed by atoms with Gasteiger partial charge in [0.2, 0.25) is 6.29 Å². The maximum absolute atomic E-state index is 16.5. The van der Waals surface area contributed by atoms with E-state index in [1.54, 1.807) is 20.8 Å². The number of esters is 3. The molecule has 13 aliphatic rings. The fourth-order valence-electron chi connectivity index (χ4n) is 23.6. The Morgan fingerprint density at radius 3 is 1.55 bits per heavy atom. The van der Waals surface area contributed by atoms with Crippen molar-refractivity contribution in [2.24, 2.45) is 56.2 Å². The minimum absolute atomic E-state index is 0.0231. The summed E-state index contributed by atoms with van der Waals surface area (Å²) < 4.78 is 110. The lowest BCUT2D eigenvalue weighted by Crippen LogP contribution is -2.69. The number of hydrogen-bond donors (Lipinski definition) is 23. The molecule has 12 fully saturated rings. The van der Waals surface area contributed by atoms with Crippen LogP contribution in [0.3, 0.4) is 0 Å². The molecule has 51 atom stereocenters. The van der Waals surface area contributed by atoms with Gasteiger partial charge in [-0.1, -0.05) is 80.4 Å². The number of rotatable bonds is 31. The summed E-state index contributed by atoms with van der Waals surface area (Å²) in [5.41, 5.74) is -5.74. The van der Waals surface area contributed by atoms with Gasteiger partial charge in [-0.3, -0.25) is 14.4 Å². The van der Waals surface area contributed by atoms with Crippen LogP contribution < -0.4 is 0 Å². The number of fused-ring (bicyclic) bond motifs is 7. The molecule has 8 heterocycles. The third-order valence-corrected chi connectivity index (χ3v) is 32.2. The van der Waals surface area contributed by atoms with Crippen molar-refractivity contribution in [3.63, 3.8) is 0 Å². The van der Waals surface area contributed by atoms with Gasteiger partial charge in [0.1, 0.15) is 164 Å². The van der Waals surface area contributed by atoms with Crippen molar-refractivity contribution in [1.82, 2.24) is 0 Å². The van der Waals surface area contributed by atoms with Gasteiger partial charge in [0.25, 0.3) is 0 Å². The molecule has 0 aromatic rings. The fourth-order valence-corrected chi connectivity index (χ4v) is 23.6. The summed E-state index contributed by atoms with van der Waals surface area (Å²) in [7, 11) is 0. The highest BCUT2D eigenvalue weighted by molar-refractivity contribution is 5.80. The van der Waals surface area contributed by atoms with Gasteiger partial charge in [-0.05, 0) is 123 Å². The molecule has 0 bridgehead atoms. The van der Waals surface area contributed by atoms with Crippen LogP contribution in [0.2, 0.25) is 0 Å². The number of ether oxygens (including phenoxy) is 18. The van der Waals surface area contributed by atoms with Gasteiger partial charge < -0.3 is 208 Å². The minimum Gasteiger partial charge on any atom is -0.479 e. The van der Waals surface area contributed by atoms with Gasteiger partial charge >= 0.3 is 23.9 Å². The summed E-state index contributed by atoms with van der Waals surface area (Å²) in [6.07, 6.45) is -74.7. The number of carbonyl (C=O) groups is 5. The third kappa shape index (κ3) is 20.9. The zero-order valence-corrected chi connectivity index (χ0v) is 77.3. The summed E-state index contributed by atoms with van der Waals surface area (Å²) in [5, 5.41) is 258. The number of carboxylic acid groups (broad SMARTS) is 1. The van der Waals surface area contributed by atoms with E-state index in [0.29, 0.717) is 32.1 Å². The Labute approximate surface area is 778 Å². The number of aliphatic hydroxyl groups excluding tert-OH is 22. The Bertz CT molecular complexity index is 4000. The Morgan fingerprint density at radius 1 is 0.474 bits per heavy atom. The van der Waals surface area contributed by atoms with Crippen molar-refractivity contribution in [3.05, 3.63) is 11.6 Å². The molecule has 5 aliphatic carbocycles. The van der Waals surface area contributed by atoms with E-state index in [4.69, 9.17) is 85.3 Å². The first-order valence-electron chi connectivity index (χ1n) is 47.0. The van der Waals surface area contributed by atoms with Crippen LogP contribution in [0.25, 0.3) is 0 Å². The van der Waals surface area contributed by atoms with Gasteiger partial charge in [-0.2, -0.15) is 0 Å². The molecular formula is C89H142O46. The first kappa shape index (κ1) is 108. The highest BCUT2D eigenvalue weighted by Gasteiger charge is 2.74. The monoisotopic (exact) mass is 1950 g/mol. The van der Waals surface area contributed by atoms with Crippen LogP contribution in [0.15, 0.2) is 11.6 Å².